The first-order valence-electron chi connectivity index (χ1n) is 15.7. The van der Waals surface area contributed by atoms with E-state index in [1.807, 2.05) is 51.1 Å². The highest BCUT2D eigenvalue weighted by Gasteiger charge is 2.35. The fourth-order valence-corrected chi connectivity index (χ4v) is 5.85. The Kier molecular flexibility index (Phi) is 10.6. The van der Waals surface area contributed by atoms with Gasteiger partial charge in [0.15, 0.2) is 0 Å². The fourth-order valence-electron chi connectivity index (χ4n) is 5.85. The summed E-state index contributed by atoms with van der Waals surface area (Å²) in [5.74, 6) is 0.999. The summed E-state index contributed by atoms with van der Waals surface area (Å²) in [7, 11) is 1.76. The van der Waals surface area contributed by atoms with Crippen LogP contribution < -0.4 is 4.74 Å². The molecule has 0 radical (unpaired) electrons. The van der Waals surface area contributed by atoms with Crippen LogP contribution in [-0.2, 0) is 20.8 Å². The molecule has 5 rings (SSSR count). The second-order valence-electron chi connectivity index (χ2n) is 12.5. The molecule has 0 N–H and O–H groups in total. The molecule has 1 heterocycles. The van der Waals surface area contributed by atoms with Crippen LogP contribution in [0.25, 0.3) is 10.8 Å². The maximum atomic E-state index is 13.0. The number of methoxy groups -OCH3 is 1. The third kappa shape index (κ3) is 8.61. The number of rotatable bonds is 11. The molecule has 1 aliphatic rings. The van der Waals surface area contributed by atoms with E-state index in [1.54, 1.807) is 12.0 Å². The first kappa shape index (κ1) is 31.6. The standard InChI is InChI=1S/C38H45NO5/c1-38(2,3)44-37(40)39-23-22-34(36(26-39)43-27-28-16-17-29-11-8-9-14-32(29)25-28)30-18-20-33(21-19-30)42-24-10-15-35(41-4)31-12-6-5-7-13-31/h5-9,11-14,16-21,25,34-36H,10,15,22-24,26-27H2,1-4H3. The van der Waals surface area contributed by atoms with Gasteiger partial charge in [-0.05, 0) is 85.7 Å². The number of likely N-dealkylation sites (tertiary alicyclic amines) is 1. The SMILES string of the molecule is COC(CCCOc1ccc(C2CCN(C(=O)OC(C)(C)C)CC2OCc2ccc3ccccc3c2)cc1)c1ccccc1. The minimum Gasteiger partial charge on any atom is -0.494 e. The number of ether oxygens (including phenoxy) is 4. The Hall–Kier alpha value is -3.87. The van der Waals surface area contributed by atoms with Crippen molar-refractivity contribution in [1.82, 2.24) is 4.90 Å². The Bertz CT molecular complexity index is 1480. The van der Waals surface area contributed by atoms with Crippen molar-refractivity contribution in [2.24, 2.45) is 0 Å². The molecule has 1 aliphatic heterocycles. The zero-order valence-corrected chi connectivity index (χ0v) is 26.4. The largest absolute Gasteiger partial charge is 0.494 e. The third-order valence-corrected chi connectivity index (χ3v) is 8.13. The highest BCUT2D eigenvalue weighted by atomic mass is 16.6. The quantitative estimate of drug-likeness (QED) is 0.162. The molecule has 0 spiro atoms. The number of benzene rings is 4. The molecular formula is C38H45NO5. The van der Waals surface area contributed by atoms with Crippen molar-refractivity contribution in [3.8, 4) is 5.75 Å². The number of amides is 1. The van der Waals surface area contributed by atoms with Crippen molar-refractivity contribution in [3.05, 3.63) is 114 Å². The van der Waals surface area contributed by atoms with Gasteiger partial charge in [0.25, 0.3) is 0 Å². The van der Waals surface area contributed by atoms with Crippen LogP contribution in [0, 0.1) is 0 Å². The van der Waals surface area contributed by atoms with E-state index in [1.165, 1.54) is 21.9 Å². The molecule has 0 aromatic heterocycles. The predicted molar refractivity (Wildman–Crippen MR) is 175 cm³/mol. The Morgan fingerprint density at radius 2 is 1.64 bits per heavy atom. The molecule has 6 nitrogen and oxygen atoms in total. The lowest BCUT2D eigenvalue weighted by Gasteiger charge is -2.39. The summed E-state index contributed by atoms with van der Waals surface area (Å²) in [6.07, 6.45) is 2.19. The van der Waals surface area contributed by atoms with Gasteiger partial charge in [-0.25, -0.2) is 4.79 Å². The highest BCUT2D eigenvalue weighted by molar-refractivity contribution is 5.82. The van der Waals surface area contributed by atoms with Crippen LogP contribution in [0.15, 0.2) is 97.1 Å². The second-order valence-corrected chi connectivity index (χ2v) is 12.5. The summed E-state index contributed by atoms with van der Waals surface area (Å²) in [4.78, 5) is 14.7. The molecule has 3 unspecified atom stereocenters. The molecule has 0 aliphatic carbocycles. The van der Waals surface area contributed by atoms with Crippen molar-refractivity contribution in [2.45, 2.75) is 70.4 Å². The molecule has 232 valence electrons. The van der Waals surface area contributed by atoms with E-state index < -0.39 is 5.60 Å². The molecule has 6 heteroatoms. The van der Waals surface area contributed by atoms with E-state index >= 15 is 0 Å². The number of piperidine rings is 1. The molecule has 4 aromatic carbocycles. The summed E-state index contributed by atoms with van der Waals surface area (Å²) in [5.41, 5.74) is 2.95. The van der Waals surface area contributed by atoms with Crippen LogP contribution in [0.2, 0.25) is 0 Å². The van der Waals surface area contributed by atoms with Gasteiger partial charge in [-0.15, -0.1) is 0 Å². The fraction of sp³-hybridized carbons (Fsp3) is 0.395. The van der Waals surface area contributed by atoms with Crippen LogP contribution in [0.3, 0.4) is 0 Å². The number of nitrogens with zero attached hydrogens (tertiary/aromatic N) is 1. The normalized spacial score (nSPS) is 17.8. The van der Waals surface area contributed by atoms with Gasteiger partial charge < -0.3 is 23.8 Å². The van der Waals surface area contributed by atoms with Crippen molar-refractivity contribution in [1.29, 1.82) is 0 Å². The Labute approximate surface area is 261 Å². The van der Waals surface area contributed by atoms with Crippen LogP contribution in [0.5, 0.6) is 5.75 Å². The highest BCUT2D eigenvalue weighted by Crippen LogP contribution is 2.33. The van der Waals surface area contributed by atoms with Crippen LogP contribution in [0.4, 0.5) is 4.79 Å². The lowest BCUT2D eigenvalue weighted by Crippen LogP contribution is -2.48. The molecule has 0 bridgehead atoms. The van der Waals surface area contributed by atoms with Crippen molar-refractivity contribution >= 4 is 16.9 Å². The molecule has 44 heavy (non-hydrogen) atoms. The zero-order chi connectivity index (χ0) is 30.9. The Morgan fingerprint density at radius 1 is 0.909 bits per heavy atom. The lowest BCUT2D eigenvalue weighted by molar-refractivity contribution is -0.0359. The summed E-state index contributed by atoms with van der Waals surface area (Å²) >= 11 is 0. The maximum Gasteiger partial charge on any atom is 0.410 e. The number of hydrogen-bond acceptors (Lipinski definition) is 5. The van der Waals surface area contributed by atoms with Crippen LogP contribution in [-0.4, -0.2) is 49.5 Å². The van der Waals surface area contributed by atoms with E-state index in [0.29, 0.717) is 26.3 Å². The van der Waals surface area contributed by atoms with Gasteiger partial charge in [-0.2, -0.15) is 0 Å². The van der Waals surface area contributed by atoms with Gasteiger partial charge >= 0.3 is 6.09 Å². The zero-order valence-electron chi connectivity index (χ0n) is 26.4. The number of hydrogen-bond donors (Lipinski definition) is 0. The Morgan fingerprint density at radius 3 is 2.36 bits per heavy atom. The van der Waals surface area contributed by atoms with Gasteiger partial charge in [0, 0.05) is 19.6 Å². The maximum absolute atomic E-state index is 13.0. The summed E-state index contributed by atoms with van der Waals surface area (Å²) < 4.78 is 24.1. The van der Waals surface area contributed by atoms with Gasteiger partial charge in [0.05, 0.1) is 32.0 Å². The van der Waals surface area contributed by atoms with E-state index in [4.69, 9.17) is 18.9 Å². The molecular weight excluding hydrogens is 550 g/mol. The second kappa shape index (κ2) is 14.7. The molecule has 1 saturated heterocycles. The average Bonchev–Trinajstić information content (AvgIpc) is 3.03. The minimum absolute atomic E-state index is 0.0697. The first-order valence-corrected chi connectivity index (χ1v) is 15.7. The van der Waals surface area contributed by atoms with E-state index in [0.717, 1.165) is 30.6 Å². The topological polar surface area (TPSA) is 57.2 Å². The third-order valence-electron chi connectivity index (χ3n) is 8.13. The van der Waals surface area contributed by atoms with Crippen molar-refractivity contribution in [3.63, 3.8) is 0 Å². The lowest BCUT2D eigenvalue weighted by atomic mass is 9.87. The van der Waals surface area contributed by atoms with E-state index in [-0.39, 0.29) is 24.2 Å². The number of carbonyl (C=O) groups excluding carboxylic acids is 1. The summed E-state index contributed by atoms with van der Waals surface area (Å²) in [5, 5.41) is 2.40. The molecule has 4 aromatic rings. The van der Waals surface area contributed by atoms with Gasteiger partial charge in [-0.3, -0.25) is 0 Å². The van der Waals surface area contributed by atoms with Crippen molar-refractivity contribution < 1.29 is 23.7 Å². The average molecular weight is 596 g/mol. The minimum atomic E-state index is -0.544. The van der Waals surface area contributed by atoms with Gasteiger partial charge in [0.1, 0.15) is 11.4 Å². The number of fused-ring (bicyclic) bond motifs is 1. The molecule has 3 atom stereocenters. The van der Waals surface area contributed by atoms with E-state index in [2.05, 4.69) is 66.7 Å². The Balaban J connectivity index is 1.21. The monoisotopic (exact) mass is 595 g/mol. The predicted octanol–water partition coefficient (Wildman–Crippen LogP) is 8.70. The van der Waals surface area contributed by atoms with Gasteiger partial charge in [-0.1, -0.05) is 78.9 Å². The van der Waals surface area contributed by atoms with Gasteiger partial charge in [0.2, 0.25) is 0 Å². The number of carbonyl (C=O) groups is 1. The first-order chi connectivity index (χ1) is 21.3. The van der Waals surface area contributed by atoms with Crippen LogP contribution in [0.1, 0.15) is 68.7 Å². The molecule has 1 amide bonds. The summed E-state index contributed by atoms with van der Waals surface area (Å²) in [6, 6.07) is 33.4. The smallest absolute Gasteiger partial charge is 0.410 e. The molecule has 1 fully saturated rings. The van der Waals surface area contributed by atoms with E-state index in [9.17, 15) is 4.79 Å². The van der Waals surface area contributed by atoms with Crippen molar-refractivity contribution in [2.75, 3.05) is 26.8 Å². The molecule has 0 saturated carbocycles. The summed E-state index contributed by atoms with van der Waals surface area (Å²) in [6.45, 7) is 7.89. The van der Waals surface area contributed by atoms with Crippen LogP contribution >= 0.6 is 0 Å².